The molecule has 2 aromatic heterocycles. The lowest BCUT2D eigenvalue weighted by Crippen LogP contribution is -2.42. The largest absolute Gasteiger partial charge is 0.434 e. The molecule has 3 heterocycles. The number of thiazole rings is 1. The second kappa shape index (κ2) is 9.36. The molecule has 0 radical (unpaired) electrons. The van der Waals surface area contributed by atoms with Gasteiger partial charge >= 0.3 is 6.18 Å². The van der Waals surface area contributed by atoms with E-state index in [1.807, 2.05) is 0 Å². The molecular formula is C16H19F4N5O5S3. The zero-order valence-corrected chi connectivity index (χ0v) is 19.7. The summed E-state index contributed by atoms with van der Waals surface area (Å²) in [6.45, 7) is -0.272. The van der Waals surface area contributed by atoms with Crippen molar-refractivity contribution >= 4 is 37.4 Å². The lowest BCUT2D eigenvalue weighted by Gasteiger charge is -2.30. The number of alkyl halides is 3. The molecule has 2 aromatic rings. The lowest BCUT2D eigenvalue weighted by atomic mass is 10.1. The molecule has 1 fully saturated rings. The van der Waals surface area contributed by atoms with E-state index < -0.39 is 55.0 Å². The van der Waals surface area contributed by atoms with Crippen molar-refractivity contribution in [2.75, 3.05) is 30.9 Å². The predicted octanol–water partition coefficient (Wildman–Crippen LogP) is 2.07. The zero-order chi connectivity index (χ0) is 24.6. The Bertz CT molecular complexity index is 1230. The third-order valence-corrected chi connectivity index (χ3v) is 7.44. The fourth-order valence-corrected chi connectivity index (χ4v) is 5.31. The Morgan fingerprint density at radius 3 is 2.36 bits per heavy atom. The van der Waals surface area contributed by atoms with Crippen LogP contribution in [0.3, 0.4) is 0 Å². The van der Waals surface area contributed by atoms with E-state index in [4.69, 9.17) is 0 Å². The number of aromatic nitrogens is 3. The number of halogens is 4. The molecule has 1 N–H and O–H groups in total. The fourth-order valence-electron chi connectivity index (χ4n) is 3.05. The quantitative estimate of drug-likeness (QED) is 0.420. The third-order valence-electron chi connectivity index (χ3n) is 4.55. The maximum absolute atomic E-state index is 14.4. The smallest absolute Gasteiger partial charge is 0.351 e. The second-order valence-corrected chi connectivity index (χ2v) is 11.9. The Morgan fingerprint density at radius 1 is 1.18 bits per heavy atom. The van der Waals surface area contributed by atoms with E-state index in [2.05, 4.69) is 24.5 Å². The molecule has 33 heavy (non-hydrogen) atoms. The van der Waals surface area contributed by atoms with Gasteiger partial charge in [-0.2, -0.15) is 21.6 Å². The molecule has 0 bridgehead atoms. The number of hydrogen-bond donors (Lipinski definition) is 1. The van der Waals surface area contributed by atoms with E-state index in [0.717, 1.165) is 12.5 Å². The molecule has 17 heteroatoms. The van der Waals surface area contributed by atoms with Gasteiger partial charge in [-0.05, 0) is 12.8 Å². The normalized spacial score (nSPS) is 16.8. The molecule has 1 saturated heterocycles. The van der Waals surface area contributed by atoms with E-state index in [9.17, 15) is 34.4 Å². The molecule has 0 atom stereocenters. The van der Waals surface area contributed by atoms with Gasteiger partial charge in [0.25, 0.3) is 10.1 Å². The Labute approximate surface area is 191 Å². The Kier molecular flexibility index (Phi) is 7.28. The first-order chi connectivity index (χ1) is 15.1. The van der Waals surface area contributed by atoms with Crippen LogP contribution in [0.5, 0.6) is 0 Å². The number of hydrogen-bond acceptors (Lipinski definition) is 10. The first-order valence-electron chi connectivity index (χ1n) is 9.29. The van der Waals surface area contributed by atoms with Crippen LogP contribution in [0.15, 0.2) is 6.20 Å². The van der Waals surface area contributed by atoms with Gasteiger partial charge in [-0.15, -0.1) is 11.3 Å². The topological polar surface area (TPSA) is 131 Å². The summed E-state index contributed by atoms with van der Waals surface area (Å²) in [5.41, 5.74) is -2.08. The number of nitrogens with one attached hydrogen (secondary N) is 1. The van der Waals surface area contributed by atoms with Gasteiger partial charge in [0.15, 0.2) is 11.5 Å². The summed E-state index contributed by atoms with van der Waals surface area (Å²) in [4.78, 5) is 10.4. The molecule has 0 spiro atoms. The van der Waals surface area contributed by atoms with Crippen LogP contribution in [-0.4, -0.2) is 67.7 Å². The van der Waals surface area contributed by atoms with Crippen molar-refractivity contribution in [2.45, 2.75) is 31.7 Å². The van der Waals surface area contributed by atoms with Crippen LogP contribution in [0.25, 0.3) is 10.6 Å². The van der Waals surface area contributed by atoms with E-state index in [1.54, 1.807) is 0 Å². The van der Waals surface area contributed by atoms with Crippen LogP contribution in [0, 0.1) is 5.82 Å². The number of piperidine rings is 1. The van der Waals surface area contributed by atoms with Crippen LogP contribution >= 0.6 is 11.3 Å². The molecule has 0 saturated carbocycles. The van der Waals surface area contributed by atoms with Crippen molar-refractivity contribution < 1.29 is 38.6 Å². The zero-order valence-electron chi connectivity index (χ0n) is 17.3. The number of nitrogens with zero attached hydrogens (tertiary/aromatic N) is 4. The average molecular weight is 534 g/mol. The van der Waals surface area contributed by atoms with Crippen LogP contribution in [0.2, 0.25) is 0 Å². The van der Waals surface area contributed by atoms with Gasteiger partial charge in [0.1, 0.15) is 17.3 Å². The number of anilines is 1. The highest BCUT2D eigenvalue weighted by Gasteiger charge is 2.39. The maximum atomic E-state index is 14.4. The van der Waals surface area contributed by atoms with Gasteiger partial charge in [-0.3, -0.25) is 4.18 Å². The SMILES string of the molecule is CS(=O)(=O)OCc1nc(C(F)(F)F)c(-c2nc(NC3CCN(S(C)(=O)=O)CC3)ncc2F)s1. The first kappa shape index (κ1) is 25.7. The molecule has 0 aromatic carbocycles. The van der Waals surface area contributed by atoms with Gasteiger partial charge in [0.2, 0.25) is 16.0 Å². The van der Waals surface area contributed by atoms with E-state index in [0.29, 0.717) is 30.4 Å². The van der Waals surface area contributed by atoms with Crippen molar-refractivity contribution in [3.8, 4) is 10.6 Å². The monoisotopic (exact) mass is 533 g/mol. The standard InChI is InChI=1S/C16H19F4N5O5S3/c1-32(26,27)25-5-3-9(4-6-25)22-15-21-7-10(17)12(24-15)13-14(16(18,19)20)23-11(31-13)8-30-33(2,28)29/h7,9H,3-6,8H2,1-2H3,(H,21,22,24). The maximum Gasteiger partial charge on any atom is 0.434 e. The van der Waals surface area contributed by atoms with Gasteiger partial charge in [0, 0.05) is 19.1 Å². The lowest BCUT2D eigenvalue weighted by molar-refractivity contribution is -0.140. The van der Waals surface area contributed by atoms with Crippen LogP contribution in [-0.2, 0) is 37.1 Å². The third kappa shape index (κ3) is 6.78. The molecular weight excluding hydrogens is 514 g/mol. The molecule has 3 rings (SSSR count). The molecule has 10 nitrogen and oxygen atoms in total. The summed E-state index contributed by atoms with van der Waals surface area (Å²) in [5, 5.41) is 2.56. The highest BCUT2D eigenvalue weighted by Crippen LogP contribution is 2.41. The first-order valence-corrected chi connectivity index (χ1v) is 13.8. The van der Waals surface area contributed by atoms with Crippen molar-refractivity contribution in [1.29, 1.82) is 0 Å². The van der Waals surface area contributed by atoms with Crippen LogP contribution in [0.1, 0.15) is 23.5 Å². The van der Waals surface area contributed by atoms with Gasteiger partial charge in [0.05, 0.1) is 23.6 Å². The highest BCUT2D eigenvalue weighted by atomic mass is 32.2. The summed E-state index contributed by atoms with van der Waals surface area (Å²) < 4.78 is 106. The highest BCUT2D eigenvalue weighted by molar-refractivity contribution is 7.88. The Hall–Kier alpha value is -1.95. The van der Waals surface area contributed by atoms with Gasteiger partial charge in [-0.25, -0.2) is 32.1 Å². The van der Waals surface area contributed by atoms with E-state index in [-0.39, 0.29) is 30.1 Å². The summed E-state index contributed by atoms with van der Waals surface area (Å²) in [6.07, 6.45) is -1.64. The van der Waals surface area contributed by atoms with Crippen LogP contribution < -0.4 is 5.32 Å². The van der Waals surface area contributed by atoms with E-state index in [1.165, 1.54) is 4.31 Å². The summed E-state index contributed by atoms with van der Waals surface area (Å²) in [7, 11) is -7.27. The molecule has 0 unspecified atom stereocenters. The second-order valence-electron chi connectivity index (χ2n) is 7.22. The Balaban J connectivity index is 1.86. The molecule has 0 aliphatic carbocycles. The molecule has 1 aliphatic heterocycles. The number of sulfonamides is 1. The van der Waals surface area contributed by atoms with Gasteiger partial charge < -0.3 is 5.32 Å². The van der Waals surface area contributed by atoms with Crippen molar-refractivity contribution in [3.63, 3.8) is 0 Å². The predicted molar refractivity (Wildman–Crippen MR) is 111 cm³/mol. The van der Waals surface area contributed by atoms with Crippen molar-refractivity contribution in [1.82, 2.24) is 19.3 Å². The fraction of sp³-hybridized carbons (Fsp3) is 0.562. The van der Waals surface area contributed by atoms with Crippen LogP contribution in [0.4, 0.5) is 23.5 Å². The van der Waals surface area contributed by atoms with Gasteiger partial charge in [-0.1, -0.05) is 0 Å². The minimum absolute atomic E-state index is 0.139. The minimum atomic E-state index is -4.96. The Morgan fingerprint density at radius 2 is 1.82 bits per heavy atom. The minimum Gasteiger partial charge on any atom is -0.351 e. The summed E-state index contributed by atoms with van der Waals surface area (Å²) >= 11 is 0.400. The van der Waals surface area contributed by atoms with Crippen molar-refractivity contribution in [2.24, 2.45) is 0 Å². The van der Waals surface area contributed by atoms with Crippen molar-refractivity contribution in [3.05, 3.63) is 22.7 Å². The summed E-state index contributed by atoms with van der Waals surface area (Å²) in [6, 6.07) is -0.274. The summed E-state index contributed by atoms with van der Waals surface area (Å²) in [5.74, 6) is -1.27. The van der Waals surface area contributed by atoms with E-state index >= 15 is 0 Å². The average Bonchev–Trinajstić information content (AvgIpc) is 3.12. The molecule has 184 valence electrons. The molecule has 0 amide bonds. The number of rotatable bonds is 7. The molecule has 1 aliphatic rings.